The zero-order valence-electron chi connectivity index (χ0n) is 15.7. The van der Waals surface area contributed by atoms with Gasteiger partial charge in [-0.2, -0.15) is 9.90 Å². The summed E-state index contributed by atoms with van der Waals surface area (Å²) in [6.45, 7) is 0. The largest absolute Gasteiger partial charge is 0.153 e. The lowest BCUT2D eigenvalue weighted by molar-refractivity contribution is 0.196. The van der Waals surface area contributed by atoms with E-state index < -0.39 is 0 Å². The second-order valence-corrected chi connectivity index (χ2v) is 7.53. The molecule has 0 aromatic heterocycles. The van der Waals surface area contributed by atoms with Crippen molar-refractivity contribution in [2.45, 2.75) is 64.2 Å². The van der Waals surface area contributed by atoms with Gasteiger partial charge in [0.05, 0.1) is 0 Å². The zero-order valence-corrected chi connectivity index (χ0v) is 17.1. The Hall–Kier alpha value is -1.13. The van der Waals surface area contributed by atoms with Crippen LogP contribution in [0.4, 0.5) is 0 Å². The highest BCUT2D eigenvalue weighted by Crippen LogP contribution is 2.37. The normalized spacial score (nSPS) is 18.6. The summed E-state index contributed by atoms with van der Waals surface area (Å²) in [5, 5.41) is 0. The first-order chi connectivity index (χ1) is 11.9. The summed E-state index contributed by atoms with van der Waals surface area (Å²) in [5.74, 6) is 2.28. The van der Waals surface area contributed by atoms with Crippen molar-refractivity contribution < 1.29 is 0 Å². The Morgan fingerprint density at radius 2 is 0.760 bits per heavy atom. The number of benzene rings is 2. The maximum atomic E-state index is 2.12. The minimum Gasteiger partial charge on any atom is -0.153 e. The fourth-order valence-corrected chi connectivity index (χ4v) is 4.47. The van der Waals surface area contributed by atoms with Gasteiger partial charge in [0, 0.05) is 0 Å². The van der Waals surface area contributed by atoms with E-state index in [1.807, 2.05) is 12.1 Å². The monoisotopic (exact) mass is 354 g/mol. The van der Waals surface area contributed by atoms with Crippen LogP contribution in [0.15, 0.2) is 60.7 Å². The second-order valence-electron chi connectivity index (χ2n) is 7.53. The highest BCUT2D eigenvalue weighted by molar-refractivity contribution is 6.92. The van der Waals surface area contributed by atoms with Gasteiger partial charge in [0.1, 0.15) is 0 Å². The van der Waals surface area contributed by atoms with Gasteiger partial charge in [0.15, 0.2) is 0 Å². The molecule has 0 bridgehead atoms. The quantitative estimate of drug-likeness (QED) is 0.488. The van der Waals surface area contributed by atoms with Crippen molar-refractivity contribution in [2.75, 3.05) is 0 Å². The summed E-state index contributed by atoms with van der Waals surface area (Å²) >= 11 is 0. The van der Waals surface area contributed by atoms with Crippen LogP contribution in [-0.2, 0) is 0 Å². The lowest BCUT2D eigenvalue weighted by Crippen LogP contribution is -2.20. The van der Waals surface area contributed by atoms with Gasteiger partial charge in [-0.05, 0) is 23.0 Å². The average Bonchev–Trinajstić information content (AvgIpc) is 2.71. The van der Waals surface area contributed by atoms with E-state index in [0.717, 1.165) is 11.8 Å². The molecule has 0 N–H and O–H groups in total. The molecule has 0 saturated heterocycles. The molecule has 0 radical (unpaired) electrons. The van der Waals surface area contributed by atoms with Crippen LogP contribution in [0.2, 0.25) is 0 Å². The SMILES string of the molecule is C1CCC(C2CCCCC2)CC1.P.c1ccc(-c2ccccc2)cc1. The molecule has 2 fully saturated rings. The van der Waals surface area contributed by atoms with E-state index >= 15 is 0 Å². The Kier molecular flexibility index (Phi) is 9.27. The van der Waals surface area contributed by atoms with Crippen LogP contribution < -0.4 is 0 Å². The summed E-state index contributed by atoms with van der Waals surface area (Å²) in [7, 11) is 0. The van der Waals surface area contributed by atoms with E-state index in [1.54, 1.807) is 25.7 Å². The summed E-state index contributed by atoms with van der Waals surface area (Å²) < 4.78 is 0. The van der Waals surface area contributed by atoms with Crippen molar-refractivity contribution in [3.05, 3.63) is 60.7 Å². The zero-order chi connectivity index (χ0) is 16.5. The highest BCUT2D eigenvalue weighted by Gasteiger charge is 2.24. The highest BCUT2D eigenvalue weighted by atomic mass is 31.0. The van der Waals surface area contributed by atoms with Gasteiger partial charge in [-0.25, -0.2) is 0 Å². The van der Waals surface area contributed by atoms with Crippen LogP contribution >= 0.6 is 9.90 Å². The van der Waals surface area contributed by atoms with Crippen molar-refractivity contribution in [2.24, 2.45) is 11.8 Å². The van der Waals surface area contributed by atoms with Gasteiger partial charge >= 0.3 is 0 Å². The molecule has 2 aliphatic rings. The molecular weight excluding hydrogens is 319 g/mol. The van der Waals surface area contributed by atoms with Crippen molar-refractivity contribution >= 4 is 9.90 Å². The summed E-state index contributed by atoms with van der Waals surface area (Å²) in [5.41, 5.74) is 2.55. The van der Waals surface area contributed by atoms with Gasteiger partial charge in [-0.15, -0.1) is 0 Å². The molecule has 1 unspecified atom stereocenters. The van der Waals surface area contributed by atoms with Crippen molar-refractivity contribution in [1.29, 1.82) is 0 Å². The molecule has 0 amide bonds. The van der Waals surface area contributed by atoms with E-state index in [4.69, 9.17) is 0 Å². The Balaban J connectivity index is 0.000000173. The van der Waals surface area contributed by atoms with E-state index in [2.05, 4.69) is 48.5 Å². The van der Waals surface area contributed by atoms with Crippen LogP contribution in [0.3, 0.4) is 0 Å². The number of rotatable bonds is 2. The summed E-state index contributed by atoms with van der Waals surface area (Å²) in [6.07, 6.45) is 15.4. The Bertz CT molecular complexity index is 498. The van der Waals surface area contributed by atoms with Gasteiger partial charge < -0.3 is 0 Å². The van der Waals surface area contributed by atoms with Crippen LogP contribution in [0.25, 0.3) is 11.1 Å². The molecule has 0 heterocycles. The minimum atomic E-state index is 0. The third-order valence-corrected chi connectivity index (χ3v) is 5.85. The molecule has 2 saturated carbocycles. The van der Waals surface area contributed by atoms with Crippen LogP contribution in [0.1, 0.15) is 64.2 Å². The third kappa shape index (κ3) is 6.59. The van der Waals surface area contributed by atoms with Gasteiger partial charge in [0.2, 0.25) is 0 Å². The molecule has 0 spiro atoms. The topological polar surface area (TPSA) is 0 Å². The Morgan fingerprint density at radius 3 is 1.08 bits per heavy atom. The maximum Gasteiger partial charge on any atom is -0.0184 e. The molecule has 0 aliphatic heterocycles. The number of hydrogen-bond donors (Lipinski definition) is 0. The average molecular weight is 355 g/mol. The lowest BCUT2D eigenvalue weighted by Gasteiger charge is -2.32. The van der Waals surface area contributed by atoms with Crippen molar-refractivity contribution in [3.8, 4) is 11.1 Å². The first-order valence-corrected chi connectivity index (χ1v) is 10.0. The Morgan fingerprint density at radius 1 is 0.440 bits per heavy atom. The predicted molar refractivity (Wildman–Crippen MR) is 116 cm³/mol. The second kappa shape index (κ2) is 11.5. The van der Waals surface area contributed by atoms with Crippen molar-refractivity contribution in [1.82, 2.24) is 0 Å². The Labute approximate surface area is 158 Å². The van der Waals surface area contributed by atoms with E-state index in [9.17, 15) is 0 Å². The molecule has 1 heteroatoms. The molecule has 0 nitrogen and oxygen atoms in total. The molecule has 4 rings (SSSR count). The third-order valence-electron chi connectivity index (χ3n) is 5.85. The first-order valence-electron chi connectivity index (χ1n) is 10.0. The molecule has 136 valence electrons. The fraction of sp³-hybridized carbons (Fsp3) is 0.500. The molecule has 2 aromatic carbocycles. The van der Waals surface area contributed by atoms with Gasteiger partial charge in [0.25, 0.3) is 0 Å². The van der Waals surface area contributed by atoms with Crippen molar-refractivity contribution in [3.63, 3.8) is 0 Å². The molecule has 25 heavy (non-hydrogen) atoms. The molecular formula is C24H35P. The molecule has 2 aliphatic carbocycles. The van der Waals surface area contributed by atoms with Gasteiger partial charge in [-0.1, -0.05) is 125 Å². The smallest absolute Gasteiger partial charge is 0.0184 e. The standard InChI is InChI=1S/C12H22.C12H10.H3P/c2*1-3-7-11(8-4-1)12-9-5-2-6-10-12;/h11-12H,1-10H2;1-10H;1H3. The summed E-state index contributed by atoms with van der Waals surface area (Å²) in [4.78, 5) is 0. The lowest BCUT2D eigenvalue weighted by atomic mass is 9.73. The van der Waals surface area contributed by atoms with Crippen LogP contribution in [-0.4, -0.2) is 0 Å². The van der Waals surface area contributed by atoms with Crippen LogP contribution in [0, 0.1) is 11.8 Å². The maximum absolute atomic E-state index is 2.12. The first kappa shape index (κ1) is 20.2. The fourth-order valence-electron chi connectivity index (χ4n) is 4.47. The van der Waals surface area contributed by atoms with Crippen LogP contribution in [0.5, 0.6) is 0 Å². The predicted octanol–water partition coefficient (Wildman–Crippen LogP) is 7.56. The van der Waals surface area contributed by atoms with E-state index in [1.165, 1.54) is 49.7 Å². The van der Waals surface area contributed by atoms with E-state index in [0.29, 0.717) is 0 Å². The summed E-state index contributed by atoms with van der Waals surface area (Å²) in [6, 6.07) is 20.8. The minimum absolute atomic E-state index is 0. The molecule has 2 aromatic rings. The van der Waals surface area contributed by atoms with Gasteiger partial charge in [-0.3, -0.25) is 0 Å². The molecule has 1 atom stereocenters. The number of hydrogen-bond acceptors (Lipinski definition) is 0. The van der Waals surface area contributed by atoms with E-state index in [-0.39, 0.29) is 9.90 Å².